The molecule has 0 aromatic carbocycles. The van der Waals surface area contributed by atoms with Gasteiger partial charge in [-0.25, -0.2) is 0 Å². The molecule has 0 unspecified atom stereocenters. The van der Waals surface area contributed by atoms with E-state index in [-0.39, 0.29) is 18.3 Å². The highest BCUT2D eigenvalue weighted by atomic mass is 32.2. The molecule has 3 rings (SSSR count). The monoisotopic (exact) mass is 329 g/mol. The zero-order valence-electron chi connectivity index (χ0n) is 11.9. The lowest BCUT2D eigenvalue weighted by molar-refractivity contribution is 0.0724. The van der Waals surface area contributed by atoms with Crippen LogP contribution >= 0.6 is 0 Å². The van der Waals surface area contributed by atoms with Crippen molar-refractivity contribution in [3.8, 4) is 11.5 Å². The van der Waals surface area contributed by atoms with Crippen LogP contribution in [-0.2, 0) is 21.5 Å². The number of ether oxygens (including phenoxy) is 1. The van der Waals surface area contributed by atoms with Gasteiger partial charge in [-0.05, 0) is 6.92 Å². The minimum absolute atomic E-state index is 0.0937. The van der Waals surface area contributed by atoms with Gasteiger partial charge in [0, 0.05) is 19.2 Å². The second-order valence-electron chi connectivity index (χ2n) is 4.67. The molecular weight excluding hydrogens is 314 g/mol. The summed E-state index contributed by atoms with van der Waals surface area (Å²) in [6.07, 6.45) is 0. The molecule has 3 heterocycles. The lowest BCUT2D eigenvalue weighted by Crippen LogP contribution is -2.46. The molecule has 0 atom stereocenters. The van der Waals surface area contributed by atoms with E-state index >= 15 is 0 Å². The van der Waals surface area contributed by atoms with E-state index in [0.717, 1.165) is 0 Å². The van der Waals surface area contributed by atoms with Gasteiger partial charge < -0.3 is 13.8 Å². The minimum Gasteiger partial charge on any atom is -0.379 e. The summed E-state index contributed by atoms with van der Waals surface area (Å²) in [6.45, 7) is 3.07. The average molecular weight is 329 g/mol. The Morgan fingerprint density at radius 3 is 2.73 bits per heavy atom. The Labute approximate surface area is 126 Å². The van der Waals surface area contributed by atoms with Crippen molar-refractivity contribution < 1.29 is 22.2 Å². The van der Waals surface area contributed by atoms with Crippen LogP contribution in [0.2, 0.25) is 0 Å². The van der Waals surface area contributed by atoms with E-state index in [1.807, 2.05) is 0 Å². The third-order valence-corrected chi connectivity index (χ3v) is 4.60. The summed E-state index contributed by atoms with van der Waals surface area (Å²) in [6, 6.07) is 1.66. The van der Waals surface area contributed by atoms with Crippen LogP contribution in [0, 0.1) is 6.92 Å². The Hall–Kier alpha value is -1.82. The normalized spacial score (nSPS) is 17.0. The maximum Gasteiger partial charge on any atom is 0.280 e. The molecule has 1 N–H and O–H groups in total. The number of nitrogens with one attached hydrogen (secondary N) is 1. The van der Waals surface area contributed by atoms with Crippen molar-refractivity contribution in [2.45, 2.75) is 13.5 Å². The lowest BCUT2D eigenvalue weighted by atomic mass is 10.4. The minimum atomic E-state index is -3.59. The highest BCUT2D eigenvalue weighted by molar-refractivity contribution is 7.87. The molecule has 1 saturated heterocycles. The zero-order chi connectivity index (χ0) is 15.6. The van der Waals surface area contributed by atoms with E-state index in [4.69, 9.17) is 13.8 Å². The van der Waals surface area contributed by atoms with Gasteiger partial charge in [-0.3, -0.25) is 0 Å². The molecule has 0 radical (unpaired) electrons. The molecule has 0 amide bonds. The Morgan fingerprint density at radius 2 is 2.05 bits per heavy atom. The van der Waals surface area contributed by atoms with Crippen LogP contribution in [0.3, 0.4) is 0 Å². The summed E-state index contributed by atoms with van der Waals surface area (Å²) < 4.78 is 42.9. The molecule has 1 aliphatic rings. The van der Waals surface area contributed by atoms with E-state index < -0.39 is 10.2 Å². The first-order valence-electron chi connectivity index (χ1n) is 6.63. The van der Waals surface area contributed by atoms with Gasteiger partial charge in [-0.1, -0.05) is 10.3 Å². The summed E-state index contributed by atoms with van der Waals surface area (Å²) in [5.41, 5.74) is 0.434. The van der Waals surface area contributed by atoms with Crippen molar-refractivity contribution >= 4 is 10.2 Å². The first kappa shape index (κ1) is 15.1. The van der Waals surface area contributed by atoms with E-state index in [1.165, 1.54) is 4.31 Å². The SMILES string of the molecule is Cc1cc(-c2noc(CNS(=O)(=O)N3CCOCC3)n2)no1. The molecule has 2 aromatic heterocycles. The predicted octanol–water partition coefficient (Wildman–Crippen LogP) is -0.300. The maximum absolute atomic E-state index is 12.1. The Kier molecular flexibility index (Phi) is 4.20. The number of nitrogens with zero attached hydrogens (tertiary/aromatic N) is 4. The van der Waals surface area contributed by atoms with Crippen LogP contribution < -0.4 is 4.72 Å². The van der Waals surface area contributed by atoms with Crippen molar-refractivity contribution in [2.75, 3.05) is 26.3 Å². The third-order valence-electron chi connectivity index (χ3n) is 3.04. The van der Waals surface area contributed by atoms with Gasteiger partial charge in [0.1, 0.15) is 5.76 Å². The van der Waals surface area contributed by atoms with E-state index in [1.54, 1.807) is 13.0 Å². The number of hydrogen-bond acceptors (Lipinski definition) is 8. The number of aromatic nitrogens is 3. The molecule has 0 bridgehead atoms. The first-order valence-corrected chi connectivity index (χ1v) is 8.07. The number of rotatable bonds is 5. The first-order chi connectivity index (χ1) is 10.5. The van der Waals surface area contributed by atoms with Gasteiger partial charge in [0.05, 0.1) is 19.8 Å². The molecule has 11 heteroatoms. The quantitative estimate of drug-likeness (QED) is 0.793. The summed E-state index contributed by atoms with van der Waals surface area (Å²) in [4.78, 5) is 4.07. The molecule has 22 heavy (non-hydrogen) atoms. The lowest BCUT2D eigenvalue weighted by Gasteiger charge is -2.25. The van der Waals surface area contributed by atoms with Gasteiger partial charge in [-0.2, -0.15) is 22.4 Å². The summed E-state index contributed by atoms with van der Waals surface area (Å²) in [5, 5.41) is 7.50. The fraction of sp³-hybridized carbons (Fsp3) is 0.545. The summed E-state index contributed by atoms with van der Waals surface area (Å²) >= 11 is 0. The van der Waals surface area contributed by atoms with Crippen molar-refractivity contribution in [1.29, 1.82) is 0 Å². The van der Waals surface area contributed by atoms with Crippen LogP contribution in [-0.4, -0.2) is 54.3 Å². The van der Waals surface area contributed by atoms with Crippen LogP contribution in [0.1, 0.15) is 11.7 Å². The van der Waals surface area contributed by atoms with Crippen LogP contribution in [0.5, 0.6) is 0 Å². The van der Waals surface area contributed by atoms with Crippen molar-refractivity contribution in [1.82, 2.24) is 24.3 Å². The molecule has 0 spiro atoms. The summed E-state index contributed by atoms with van der Waals surface area (Å²) in [5.74, 6) is 1.01. The smallest absolute Gasteiger partial charge is 0.280 e. The fourth-order valence-electron chi connectivity index (χ4n) is 1.93. The Bertz CT molecular complexity index is 734. The number of aryl methyl sites for hydroxylation is 1. The Morgan fingerprint density at radius 1 is 1.27 bits per heavy atom. The molecule has 1 fully saturated rings. The topological polar surface area (TPSA) is 124 Å². The molecule has 120 valence electrons. The van der Waals surface area contributed by atoms with Crippen molar-refractivity contribution in [2.24, 2.45) is 0 Å². The molecular formula is C11H15N5O5S. The van der Waals surface area contributed by atoms with Gasteiger partial charge in [0.25, 0.3) is 10.2 Å². The van der Waals surface area contributed by atoms with Gasteiger partial charge in [0.15, 0.2) is 5.69 Å². The summed E-state index contributed by atoms with van der Waals surface area (Å²) in [7, 11) is -3.59. The average Bonchev–Trinajstić information content (AvgIpc) is 3.15. The number of morpholine rings is 1. The van der Waals surface area contributed by atoms with Crippen molar-refractivity contribution in [3.63, 3.8) is 0 Å². The highest BCUT2D eigenvalue weighted by Crippen LogP contribution is 2.15. The Balaban J connectivity index is 1.63. The third kappa shape index (κ3) is 3.32. The molecule has 1 aliphatic heterocycles. The van der Waals surface area contributed by atoms with Crippen LogP contribution in [0.4, 0.5) is 0 Å². The van der Waals surface area contributed by atoms with Gasteiger partial charge >= 0.3 is 0 Å². The van der Waals surface area contributed by atoms with E-state index in [2.05, 4.69) is 20.0 Å². The highest BCUT2D eigenvalue weighted by Gasteiger charge is 2.24. The standard InChI is InChI=1S/C11H15N5O5S/c1-8-6-9(14-20-8)11-13-10(21-15-11)7-12-22(17,18)16-2-4-19-5-3-16/h6,12H,2-5,7H2,1H3. The second kappa shape index (κ2) is 6.12. The molecule has 0 saturated carbocycles. The molecule has 10 nitrogen and oxygen atoms in total. The molecule has 0 aliphatic carbocycles. The largest absolute Gasteiger partial charge is 0.379 e. The molecule has 2 aromatic rings. The van der Waals surface area contributed by atoms with Crippen LogP contribution in [0.25, 0.3) is 11.5 Å². The fourth-order valence-corrected chi connectivity index (χ4v) is 3.05. The van der Waals surface area contributed by atoms with Gasteiger partial charge in [0.2, 0.25) is 11.7 Å². The second-order valence-corrected chi connectivity index (χ2v) is 6.43. The van der Waals surface area contributed by atoms with E-state index in [9.17, 15) is 8.42 Å². The van der Waals surface area contributed by atoms with Crippen molar-refractivity contribution in [3.05, 3.63) is 17.7 Å². The maximum atomic E-state index is 12.1. The zero-order valence-corrected chi connectivity index (χ0v) is 12.7. The number of hydrogen-bond donors (Lipinski definition) is 1. The predicted molar refractivity (Wildman–Crippen MR) is 72.7 cm³/mol. The van der Waals surface area contributed by atoms with Gasteiger partial charge in [-0.15, -0.1) is 0 Å². The van der Waals surface area contributed by atoms with Crippen LogP contribution in [0.15, 0.2) is 15.1 Å². The van der Waals surface area contributed by atoms with E-state index in [0.29, 0.717) is 37.8 Å².